The average molecular weight is 265 g/mol. The molecule has 0 spiro atoms. The van der Waals surface area contributed by atoms with Gasteiger partial charge in [-0.05, 0) is 6.04 Å². The van der Waals surface area contributed by atoms with E-state index in [0.717, 1.165) is 0 Å². The van der Waals surface area contributed by atoms with E-state index in [0.29, 0.717) is 0 Å². The summed E-state index contributed by atoms with van der Waals surface area (Å²) in [6.45, 7) is 7.21. The van der Waals surface area contributed by atoms with Gasteiger partial charge in [0, 0.05) is 8.80 Å². The lowest BCUT2D eigenvalue weighted by Gasteiger charge is -2.10. The third kappa shape index (κ3) is 6.22. The second-order valence-electron chi connectivity index (χ2n) is 5.53. The fourth-order valence-electron chi connectivity index (χ4n) is 2.36. The average Bonchev–Trinajstić information content (AvgIpc) is 2.30. The molecule has 0 fully saturated rings. The molecule has 17 heavy (non-hydrogen) atoms. The highest BCUT2D eigenvalue weighted by atomic mass is 28.3. The maximum atomic E-state index is 2.46. The van der Waals surface area contributed by atoms with Gasteiger partial charge >= 0.3 is 0 Å². The van der Waals surface area contributed by atoms with Gasteiger partial charge in [0.05, 0.1) is 9.52 Å². The van der Waals surface area contributed by atoms with E-state index in [-0.39, 0.29) is 9.52 Å². The Kier molecular flexibility index (Phi) is 7.53. The standard InChI is InChI=1S/C15H28Si2/c1-4-5-6-9-12-16-15-11-8-7-10-14(15)13-17(2)3/h7-8,10-11,17H,4-6,9,12-13,16H2,1-3H3. The Morgan fingerprint density at radius 2 is 1.82 bits per heavy atom. The number of benzene rings is 1. The lowest BCUT2D eigenvalue weighted by atomic mass is 10.2. The molecule has 1 aromatic carbocycles. The van der Waals surface area contributed by atoms with E-state index in [1.807, 2.05) is 0 Å². The summed E-state index contributed by atoms with van der Waals surface area (Å²) >= 11 is 0. The van der Waals surface area contributed by atoms with Crippen molar-refractivity contribution < 1.29 is 0 Å². The van der Waals surface area contributed by atoms with Crippen LogP contribution in [0.1, 0.15) is 38.2 Å². The molecular formula is C15H28Si2. The normalized spacial score (nSPS) is 11.8. The molecular weight excluding hydrogens is 236 g/mol. The summed E-state index contributed by atoms with van der Waals surface area (Å²) in [6.07, 6.45) is 5.70. The SMILES string of the molecule is CCCCCC[SiH2]c1ccccc1C[SiH](C)C. The van der Waals surface area contributed by atoms with E-state index < -0.39 is 8.80 Å². The van der Waals surface area contributed by atoms with Gasteiger partial charge in [0.15, 0.2) is 0 Å². The van der Waals surface area contributed by atoms with Crippen molar-refractivity contribution in [2.24, 2.45) is 0 Å². The fourth-order valence-corrected chi connectivity index (χ4v) is 5.80. The van der Waals surface area contributed by atoms with Crippen LogP contribution in [0.4, 0.5) is 0 Å². The van der Waals surface area contributed by atoms with E-state index in [4.69, 9.17) is 0 Å². The van der Waals surface area contributed by atoms with Crippen molar-refractivity contribution in [1.29, 1.82) is 0 Å². The predicted octanol–water partition coefficient (Wildman–Crippen LogP) is 3.05. The molecule has 0 N–H and O–H groups in total. The van der Waals surface area contributed by atoms with Gasteiger partial charge in [0.1, 0.15) is 0 Å². The molecule has 0 aromatic heterocycles. The topological polar surface area (TPSA) is 0 Å². The molecule has 96 valence electrons. The number of unbranched alkanes of at least 4 members (excludes halogenated alkanes) is 3. The molecule has 0 unspecified atom stereocenters. The van der Waals surface area contributed by atoms with Crippen molar-refractivity contribution in [1.82, 2.24) is 0 Å². The molecule has 0 radical (unpaired) electrons. The summed E-state index contributed by atoms with van der Waals surface area (Å²) in [5.41, 5.74) is 1.69. The van der Waals surface area contributed by atoms with Crippen molar-refractivity contribution in [2.45, 2.75) is 57.8 Å². The fraction of sp³-hybridized carbons (Fsp3) is 0.600. The molecule has 0 heterocycles. The Bertz CT molecular complexity index is 308. The summed E-state index contributed by atoms with van der Waals surface area (Å²) in [4.78, 5) is 0. The zero-order valence-corrected chi connectivity index (χ0v) is 14.4. The summed E-state index contributed by atoms with van der Waals surface area (Å²) in [6, 6.07) is 12.1. The summed E-state index contributed by atoms with van der Waals surface area (Å²) in [5, 5.41) is 1.75. The predicted molar refractivity (Wildman–Crippen MR) is 86.2 cm³/mol. The molecule has 2 heteroatoms. The van der Waals surface area contributed by atoms with Gasteiger partial charge in [0.2, 0.25) is 0 Å². The van der Waals surface area contributed by atoms with Crippen LogP contribution in [0.3, 0.4) is 0 Å². The second-order valence-corrected chi connectivity index (χ2v) is 10.7. The maximum absolute atomic E-state index is 2.46. The number of hydrogen-bond donors (Lipinski definition) is 0. The molecule has 0 aliphatic carbocycles. The first-order chi connectivity index (χ1) is 8.24. The van der Waals surface area contributed by atoms with Crippen molar-refractivity contribution >= 4 is 23.5 Å². The van der Waals surface area contributed by atoms with E-state index in [1.165, 1.54) is 37.8 Å². The molecule has 0 aliphatic rings. The summed E-state index contributed by atoms with van der Waals surface area (Å²) in [7, 11) is -0.444. The van der Waals surface area contributed by atoms with Crippen LogP contribution in [0.25, 0.3) is 0 Å². The zero-order chi connectivity index (χ0) is 12.5. The molecule has 0 atom stereocenters. The second kappa shape index (κ2) is 8.70. The summed E-state index contributed by atoms with van der Waals surface area (Å²) < 4.78 is 0. The van der Waals surface area contributed by atoms with Crippen LogP contribution < -0.4 is 5.19 Å². The Morgan fingerprint density at radius 1 is 1.06 bits per heavy atom. The molecule has 0 nitrogen and oxygen atoms in total. The van der Waals surface area contributed by atoms with Crippen molar-refractivity contribution in [2.75, 3.05) is 0 Å². The van der Waals surface area contributed by atoms with Gasteiger partial charge in [-0.15, -0.1) is 0 Å². The van der Waals surface area contributed by atoms with Crippen LogP contribution in [0.15, 0.2) is 24.3 Å². The van der Waals surface area contributed by atoms with Crippen LogP contribution >= 0.6 is 0 Å². The first-order valence-electron chi connectivity index (χ1n) is 7.30. The van der Waals surface area contributed by atoms with Crippen molar-refractivity contribution in [3.63, 3.8) is 0 Å². The van der Waals surface area contributed by atoms with Crippen molar-refractivity contribution in [3.8, 4) is 0 Å². The molecule has 0 saturated carbocycles. The Hall–Kier alpha value is -0.346. The first kappa shape index (κ1) is 14.7. The minimum Gasteiger partial charge on any atom is -0.0719 e. The van der Waals surface area contributed by atoms with E-state index in [9.17, 15) is 0 Å². The minimum absolute atomic E-state index is 0.0110. The highest BCUT2D eigenvalue weighted by molar-refractivity contribution is 6.57. The Labute approximate surface area is 111 Å². The highest BCUT2D eigenvalue weighted by Gasteiger charge is 2.04. The van der Waals surface area contributed by atoms with Gasteiger partial charge in [-0.3, -0.25) is 0 Å². The van der Waals surface area contributed by atoms with Crippen LogP contribution in [-0.4, -0.2) is 18.3 Å². The van der Waals surface area contributed by atoms with E-state index in [1.54, 1.807) is 10.8 Å². The monoisotopic (exact) mass is 264 g/mol. The maximum Gasteiger partial charge on any atom is 0.0551 e. The quantitative estimate of drug-likeness (QED) is 0.500. The van der Waals surface area contributed by atoms with Gasteiger partial charge in [-0.1, -0.05) is 86.8 Å². The molecule has 0 aliphatic heterocycles. The van der Waals surface area contributed by atoms with Gasteiger partial charge in [-0.25, -0.2) is 0 Å². The lowest BCUT2D eigenvalue weighted by molar-refractivity contribution is 0.701. The van der Waals surface area contributed by atoms with Gasteiger partial charge in [0.25, 0.3) is 0 Å². The third-order valence-electron chi connectivity index (χ3n) is 3.30. The third-order valence-corrected chi connectivity index (χ3v) is 6.63. The van der Waals surface area contributed by atoms with Crippen LogP contribution in [0.5, 0.6) is 0 Å². The van der Waals surface area contributed by atoms with Crippen molar-refractivity contribution in [3.05, 3.63) is 29.8 Å². The van der Waals surface area contributed by atoms with E-state index in [2.05, 4.69) is 44.3 Å². The molecule has 0 bridgehead atoms. The smallest absolute Gasteiger partial charge is 0.0551 e. The van der Waals surface area contributed by atoms with E-state index >= 15 is 0 Å². The van der Waals surface area contributed by atoms with Crippen LogP contribution in [0.2, 0.25) is 19.1 Å². The number of rotatable bonds is 8. The zero-order valence-electron chi connectivity index (χ0n) is 11.8. The highest BCUT2D eigenvalue weighted by Crippen LogP contribution is 2.05. The lowest BCUT2D eigenvalue weighted by Crippen LogP contribution is -2.22. The first-order valence-corrected chi connectivity index (χ1v) is 12.1. The number of hydrogen-bond acceptors (Lipinski definition) is 0. The van der Waals surface area contributed by atoms with Gasteiger partial charge < -0.3 is 0 Å². The van der Waals surface area contributed by atoms with Crippen LogP contribution in [0, 0.1) is 0 Å². The Morgan fingerprint density at radius 3 is 2.53 bits per heavy atom. The molecule has 1 aromatic rings. The Balaban J connectivity index is 2.40. The molecule has 1 rings (SSSR count). The molecule has 0 saturated heterocycles. The van der Waals surface area contributed by atoms with Gasteiger partial charge in [-0.2, -0.15) is 0 Å². The van der Waals surface area contributed by atoms with Crippen LogP contribution in [-0.2, 0) is 6.04 Å². The molecule has 0 amide bonds. The minimum atomic E-state index is -0.455. The largest absolute Gasteiger partial charge is 0.0719 e. The summed E-state index contributed by atoms with van der Waals surface area (Å²) in [5.74, 6) is 0.